The predicted molar refractivity (Wildman–Crippen MR) is 73.8 cm³/mol. The van der Waals surface area contributed by atoms with Gasteiger partial charge in [0, 0.05) is 0 Å². The van der Waals surface area contributed by atoms with Gasteiger partial charge in [-0.15, -0.1) is 0 Å². The molecule has 0 aliphatic rings. The van der Waals surface area contributed by atoms with E-state index in [1.807, 2.05) is 32.0 Å². The molecule has 98 valence electrons. The Kier molecular flexibility index (Phi) is 3.42. The number of hydrogen-bond acceptors (Lipinski definition) is 3. The molecule has 0 unspecified atom stereocenters. The van der Waals surface area contributed by atoms with Gasteiger partial charge in [-0.3, -0.25) is 0 Å². The highest BCUT2D eigenvalue weighted by Crippen LogP contribution is 2.30. The molecule has 0 bridgehead atoms. The van der Waals surface area contributed by atoms with Crippen LogP contribution in [0.4, 0.5) is 5.69 Å². The van der Waals surface area contributed by atoms with E-state index in [1.165, 1.54) is 18.2 Å². The smallest absolute Gasteiger partial charge is 0.335 e. The minimum absolute atomic E-state index is 0.147. The summed E-state index contributed by atoms with van der Waals surface area (Å²) in [5.74, 6) is 0.0113. The van der Waals surface area contributed by atoms with Crippen LogP contribution in [0.25, 0.3) is 0 Å². The molecule has 19 heavy (non-hydrogen) atoms. The fourth-order valence-electron chi connectivity index (χ4n) is 1.79. The first-order valence-electron chi connectivity index (χ1n) is 5.85. The van der Waals surface area contributed by atoms with Gasteiger partial charge in [-0.05, 0) is 43.7 Å². The van der Waals surface area contributed by atoms with Crippen LogP contribution in [0.3, 0.4) is 0 Å². The van der Waals surface area contributed by atoms with Crippen molar-refractivity contribution in [3.8, 4) is 11.5 Å². The maximum absolute atomic E-state index is 10.9. The zero-order chi connectivity index (χ0) is 14.0. The van der Waals surface area contributed by atoms with E-state index < -0.39 is 5.97 Å². The van der Waals surface area contributed by atoms with Crippen LogP contribution in [0.5, 0.6) is 11.5 Å². The van der Waals surface area contributed by atoms with Crippen molar-refractivity contribution >= 4 is 11.7 Å². The standard InChI is InChI=1S/C15H15NO3/c1-9-3-6-13(10(2)7-9)19-14-8-11(15(17)18)4-5-12(14)16/h3-8H,16H2,1-2H3,(H,17,18). The summed E-state index contributed by atoms with van der Waals surface area (Å²) in [7, 11) is 0. The zero-order valence-electron chi connectivity index (χ0n) is 10.8. The second-order valence-electron chi connectivity index (χ2n) is 4.43. The predicted octanol–water partition coefficient (Wildman–Crippen LogP) is 3.38. The lowest BCUT2D eigenvalue weighted by Gasteiger charge is -2.11. The van der Waals surface area contributed by atoms with Crippen LogP contribution >= 0.6 is 0 Å². The molecule has 4 heteroatoms. The van der Waals surface area contributed by atoms with Crippen LogP contribution < -0.4 is 10.5 Å². The van der Waals surface area contributed by atoms with Gasteiger partial charge in [0.1, 0.15) is 5.75 Å². The average molecular weight is 257 g/mol. The largest absolute Gasteiger partial charge is 0.478 e. The SMILES string of the molecule is Cc1ccc(Oc2cc(C(=O)O)ccc2N)c(C)c1. The fourth-order valence-corrected chi connectivity index (χ4v) is 1.79. The summed E-state index contributed by atoms with van der Waals surface area (Å²) in [6.07, 6.45) is 0. The Balaban J connectivity index is 2.37. The van der Waals surface area contributed by atoms with E-state index in [-0.39, 0.29) is 5.56 Å². The summed E-state index contributed by atoms with van der Waals surface area (Å²) in [4.78, 5) is 10.9. The van der Waals surface area contributed by atoms with Crippen molar-refractivity contribution in [2.24, 2.45) is 0 Å². The van der Waals surface area contributed by atoms with E-state index >= 15 is 0 Å². The number of ether oxygens (including phenoxy) is 1. The number of carboxylic acid groups (broad SMARTS) is 1. The Hall–Kier alpha value is -2.49. The topological polar surface area (TPSA) is 72.5 Å². The minimum atomic E-state index is -1.01. The highest BCUT2D eigenvalue weighted by molar-refractivity contribution is 5.89. The molecule has 0 aromatic heterocycles. The second-order valence-corrected chi connectivity index (χ2v) is 4.43. The van der Waals surface area contributed by atoms with Crippen molar-refractivity contribution < 1.29 is 14.6 Å². The van der Waals surface area contributed by atoms with Gasteiger partial charge >= 0.3 is 5.97 Å². The van der Waals surface area contributed by atoms with E-state index in [0.29, 0.717) is 17.2 Å². The number of benzene rings is 2. The van der Waals surface area contributed by atoms with Gasteiger partial charge in [-0.1, -0.05) is 17.7 Å². The molecule has 0 spiro atoms. The molecule has 0 saturated carbocycles. The first-order valence-corrected chi connectivity index (χ1v) is 5.85. The number of hydrogen-bond donors (Lipinski definition) is 2. The monoisotopic (exact) mass is 257 g/mol. The average Bonchev–Trinajstić information content (AvgIpc) is 2.34. The number of aromatic carboxylic acids is 1. The molecule has 0 atom stereocenters. The molecule has 0 fully saturated rings. The van der Waals surface area contributed by atoms with Crippen LogP contribution in [-0.4, -0.2) is 11.1 Å². The third-order valence-electron chi connectivity index (χ3n) is 2.81. The first kappa shape index (κ1) is 13.0. The Morgan fingerprint density at radius 3 is 2.47 bits per heavy atom. The summed E-state index contributed by atoms with van der Waals surface area (Å²) in [5, 5.41) is 8.96. The molecule has 2 rings (SSSR count). The molecule has 0 radical (unpaired) electrons. The summed E-state index contributed by atoms with van der Waals surface area (Å²) in [6.45, 7) is 3.93. The van der Waals surface area contributed by atoms with Crippen molar-refractivity contribution in [3.63, 3.8) is 0 Å². The molecule has 2 aromatic rings. The van der Waals surface area contributed by atoms with Crippen molar-refractivity contribution in [1.29, 1.82) is 0 Å². The van der Waals surface area contributed by atoms with Crippen LogP contribution in [0.2, 0.25) is 0 Å². The molecule has 0 saturated heterocycles. The van der Waals surface area contributed by atoms with Gasteiger partial charge in [0.15, 0.2) is 5.75 Å². The molecule has 4 nitrogen and oxygen atoms in total. The van der Waals surface area contributed by atoms with Crippen molar-refractivity contribution in [2.75, 3.05) is 5.73 Å². The van der Waals surface area contributed by atoms with Gasteiger partial charge in [0.05, 0.1) is 11.3 Å². The first-order chi connectivity index (χ1) is 8.97. The normalized spacial score (nSPS) is 10.2. The Morgan fingerprint density at radius 1 is 1.11 bits per heavy atom. The summed E-state index contributed by atoms with van der Waals surface area (Å²) < 4.78 is 5.70. The minimum Gasteiger partial charge on any atom is -0.478 e. The summed E-state index contributed by atoms with van der Waals surface area (Å²) in [5.41, 5.74) is 8.46. The molecular weight excluding hydrogens is 242 g/mol. The maximum atomic E-state index is 10.9. The lowest BCUT2D eigenvalue weighted by Crippen LogP contribution is -1.99. The van der Waals surface area contributed by atoms with E-state index in [4.69, 9.17) is 15.6 Å². The van der Waals surface area contributed by atoms with Gasteiger partial charge < -0.3 is 15.6 Å². The Morgan fingerprint density at radius 2 is 1.84 bits per heavy atom. The van der Waals surface area contributed by atoms with E-state index in [2.05, 4.69) is 0 Å². The number of anilines is 1. The Labute approximate surface area is 111 Å². The van der Waals surface area contributed by atoms with Gasteiger partial charge in [0.25, 0.3) is 0 Å². The molecule has 0 aliphatic heterocycles. The number of nitrogen functional groups attached to an aromatic ring is 1. The second kappa shape index (κ2) is 5.02. The highest BCUT2D eigenvalue weighted by atomic mass is 16.5. The molecule has 0 heterocycles. The summed E-state index contributed by atoms with van der Waals surface area (Å²) >= 11 is 0. The number of nitrogens with two attached hydrogens (primary N) is 1. The fraction of sp³-hybridized carbons (Fsp3) is 0.133. The number of carbonyl (C=O) groups is 1. The van der Waals surface area contributed by atoms with Crippen molar-refractivity contribution in [3.05, 3.63) is 53.1 Å². The van der Waals surface area contributed by atoms with Gasteiger partial charge in [-0.2, -0.15) is 0 Å². The van der Waals surface area contributed by atoms with Crippen LogP contribution in [0, 0.1) is 13.8 Å². The third-order valence-corrected chi connectivity index (χ3v) is 2.81. The van der Waals surface area contributed by atoms with E-state index in [9.17, 15) is 4.79 Å². The molecular formula is C15H15NO3. The van der Waals surface area contributed by atoms with Crippen LogP contribution in [0.1, 0.15) is 21.5 Å². The lowest BCUT2D eigenvalue weighted by atomic mass is 10.1. The van der Waals surface area contributed by atoms with E-state index in [0.717, 1.165) is 11.1 Å². The van der Waals surface area contributed by atoms with Crippen LogP contribution in [0.15, 0.2) is 36.4 Å². The van der Waals surface area contributed by atoms with E-state index in [1.54, 1.807) is 0 Å². The number of carboxylic acids is 1. The molecule has 2 aromatic carbocycles. The number of rotatable bonds is 3. The molecule has 3 N–H and O–H groups in total. The zero-order valence-corrected chi connectivity index (χ0v) is 10.8. The van der Waals surface area contributed by atoms with Gasteiger partial charge in [0.2, 0.25) is 0 Å². The van der Waals surface area contributed by atoms with Crippen molar-refractivity contribution in [1.82, 2.24) is 0 Å². The maximum Gasteiger partial charge on any atom is 0.335 e. The molecule has 0 amide bonds. The summed E-state index contributed by atoms with van der Waals surface area (Å²) in [6, 6.07) is 10.2. The number of aryl methyl sites for hydroxylation is 2. The van der Waals surface area contributed by atoms with Crippen LogP contribution in [-0.2, 0) is 0 Å². The van der Waals surface area contributed by atoms with Gasteiger partial charge in [-0.25, -0.2) is 4.79 Å². The third kappa shape index (κ3) is 2.85. The lowest BCUT2D eigenvalue weighted by molar-refractivity contribution is 0.0696. The Bertz CT molecular complexity index is 635. The highest BCUT2D eigenvalue weighted by Gasteiger charge is 2.09. The quantitative estimate of drug-likeness (QED) is 0.827. The van der Waals surface area contributed by atoms with Crippen molar-refractivity contribution in [2.45, 2.75) is 13.8 Å². The molecule has 0 aliphatic carbocycles.